The van der Waals surface area contributed by atoms with Gasteiger partial charge in [0.1, 0.15) is 11.2 Å². The van der Waals surface area contributed by atoms with Gasteiger partial charge in [0.2, 0.25) is 0 Å². The summed E-state index contributed by atoms with van der Waals surface area (Å²) < 4.78 is 13.2. The third-order valence-electron chi connectivity index (χ3n) is 3.01. The number of hydrogen-bond acceptors (Lipinski definition) is 3. The summed E-state index contributed by atoms with van der Waals surface area (Å²) in [4.78, 5) is 15.5. The third-order valence-corrected chi connectivity index (χ3v) is 5.33. The summed E-state index contributed by atoms with van der Waals surface area (Å²) in [6.07, 6.45) is 0. The van der Waals surface area contributed by atoms with Crippen LogP contribution in [0.15, 0.2) is 41.8 Å². The van der Waals surface area contributed by atoms with Crippen LogP contribution in [0.3, 0.4) is 0 Å². The minimum atomic E-state index is -0.370. The molecular formula is C14H12FNOS2. The number of amides is 1. The molecule has 2 aromatic rings. The van der Waals surface area contributed by atoms with Gasteiger partial charge in [-0.3, -0.25) is 4.79 Å². The van der Waals surface area contributed by atoms with Gasteiger partial charge in [0.05, 0.1) is 0 Å². The Bertz CT molecular complexity index is 585. The maximum Gasteiger partial charge on any atom is 0.255 e. The van der Waals surface area contributed by atoms with Crippen molar-refractivity contribution in [3.63, 3.8) is 0 Å². The first kappa shape index (κ1) is 12.7. The maximum absolute atomic E-state index is 13.2. The number of thiophene rings is 1. The zero-order valence-electron chi connectivity index (χ0n) is 10.1. The van der Waals surface area contributed by atoms with Gasteiger partial charge in [-0.15, -0.1) is 23.1 Å². The number of thioether (sulfide) groups is 1. The molecule has 19 heavy (non-hydrogen) atoms. The Labute approximate surface area is 119 Å². The Balaban J connectivity index is 1.87. The van der Waals surface area contributed by atoms with E-state index in [-0.39, 0.29) is 17.1 Å². The van der Waals surface area contributed by atoms with E-state index in [0.717, 1.165) is 5.75 Å². The molecule has 2 nitrogen and oxygen atoms in total. The fraction of sp³-hybridized carbons (Fsp3) is 0.214. The van der Waals surface area contributed by atoms with E-state index in [9.17, 15) is 9.18 Å². The van der Waals surface area contributed by atoms with Crippen LogP contribution in [0.5, 0.6) is 0 Å². The summed E-state index contributed by atoms with van der Waals surface area (Å²) >= 11 is 3.41. The van der Waals surface area contributed by atoms with E-state index < -0.39 is 0 Å². The van der Waals surface area contributed by atoms with E-state index >= 15 is 0 Å². The monoisotopic (exact) mass is 293 g/mol. The highest BCUT2D eigenvalue weighted by molar-refractivity contribution is 7.99. The first-order valence-electron chi connectivity index (χ1n) is 5.97. The fourth-order valence-electron chi connectivity index (χ4n) is 2.13. The van der Waals surface area contributed by atoms with Crippen molar-refractivity contribution in [2.75, 3.05) is 12.3 Å². The van der Waals surface area contributed by atoms with Crippen molar-refractivity contribution in [3.05, 3.63) is 58.0 Å². The number of rotatable bonds is 2. The Morgan fingerprint density at radius 2 is 2.21 bits per heavy atom. The second kappa shape index (κ2) is 5.35. The minimum absolute atomic E-state index is 0.0655. The van der Waals surface area contributed by atoms with E-state index in [4.69, 9.17) is 0 Å². The van der Waals surface area contributed by atoms with Crippen molar-refractivity contribution in [1.29, 1.82) is 0 Å². The molecule has 0 spiro atoms. The quantitative estimate of drug-likeness (QED) is 0.840. The molecule has 1 fully saturated rings. The predicted octanol–water partition coefficient (Wildman–Crippen LogP) is 3.78. The molecule has 1 aromatic heterocycles. The minimum Gasteiger partial charge on any atom is -0.321 e. The van der Waals surface area contributed by atoms with Crippen molar-refractivity contribution in [1.82, 2.24) is 4.90 Å². The number of carbonyl (C=O) groups is 1. The molecule has 5 heteroatoms. The molecule has 1 atom stereocenters. The molecule has 0 saturated carbocycles. The van der Waals surface area contributed by atoms with Gasteiger partial charge in [0, 0.05) is 22.7 Å². The molecule has 98 valence electrons. The van der Waals surface area contributed by atoms with Crippen LogP contribution in [0.1, 0.15) is 20.6 Å². The largest absolute Gasteiger partial charge is 0.321 e. The molecule has 1 aliphatic rings. The molecule has 0 aliphatic carbocycles. The number of hydrogen-bond donors (Lipinski definition) is 0. The molecule has 0 unspecified atom stereocenters. The number of carbonyl (C=O) groups excluding carboxylic acids is 1. The molecule has 1 amide bonds. The van der Waals surface area contributed by atoms with Gasteiger partial charge in [-0.1, -0.05) is 12.1 Å². The molecule has 2 heterocycles. The van der Waals surface area contributed by atoms with Gasteiger partial charge >= 0.3 is 0 Å². The fourth-order valence-corrected chi connectivity index (χ4v) is 4.37. The second-order valence-corrected chi connectivity index (χ2v) is 6.41. The standard InChI is InChI=1S/C14H12FNOS2/c15-11-4-1-3-10(9-11)13(17)16-6-8-19-14(16)12-5-2-7-18-12/h1-5,7,9,14H,6,8H2/t14-/m1/s1. The van der Waals surface area contributed by atoms with Crippen molar-refractivity contribution < 1.29 is 9.18 Å². The van der Waals surface area contributed by atoms with E-state index in [1.165, 1.54) is 17.0 Å². The van der Waals surface area contributed by atoms with Gasteiger partial charge < -0.3 is 4.90 Å². The van der Waals surface area contributed by atoms with Crippen LogP contribution in [0.2, 0.25) is 0 Å². The summed E-state index contributed by atoms with van der Waals surface area (Å²) in [5, 5.41) is 2.08. The van der Waals surface area contributed by atoms with Crippen LogP contribution in [-0.2, 0) is 0 Å². The van der Waals surface area contributed by atoms with Crippen LogP contribution in [0.25, 0.3) is 0 Å². The highest BCUT2D eigenvalue weighted by Crippen LogP contribution is 2.40. The van der Waals surface area contributed by atoms with Crippen LogP contribution >= 0.6 is 23.1 Å². The first-order valence-corrected chi connectivity index (χ1v) is 7.90. The van der Waals surface area contributed by atoms with E-state index in [2.05, 4.69) is 0 Å². The highest BCUT2D eigenvalue weighted by Gasteiger charge is 2.31. The average Bonchev–Trinajstić information content (AvgIpc) is 3.08. The average molecular weight is 293 g/mol. The molecule has 1 aliphatic heterocycles. The number of benzene rings is 1. The summed E-state index contributed by atoms with van der Waals surface area (Å²) in [5.74, 6) is 0.456. The lowest BCUT2D eigenvalue weighted by atomic mass is 10.2. The molecule has 3 rings (SSSR count). The van der Waals surface area contributed by atoms with Crippen LogP contribution < -0.4 is 0 Å². The van der Waals surface area contributed by atoms with Gasteiger partial charge in [-0.25, -0.2) is 4.39 Å². The smallest absolute Gasteiger partial charge is 0.255 e. The Kier molecular flexibility index (Phi) is 3.57. The van der Waals surface area contributed by atoms with Gasteiger partial charge in [0.15, 0.2) is 0 Å². The maximum atomic E-state index is 13.2. The Hall–Kier alpha value is -1.33. The lowest BCUT2D eigenvalue weighted by Gasteiger charge is -2.23. The molecule has 0 bridgehead atoms. The third kappa shape index (κ3) is 2.53. The SMILES string of the molecule is O=C(c1cccc(F)c1)N1CCS[C@@H]1c1cccs1. The van der Waals surface area contributed by atoms with Crippen molar-refractivity contribution in [2.24, 2.45) is 0 Å². The van der Waals surface area contributed by atoms with Crippen LogP contribution in [-0.4, -0.2) is 23.1 Å². The summed E-state index contributed by atoms with van der Waals surface area (Å²) in [5.41, 5.74) is 0.420. The lowest BCUT2D eigenvalue weighted by molar-refractivity contribution is 0.0761. The van der Waals surface area contributed by atoms with Crippen LogP contribution in [0.4, 0.5) is 4.39 Å². The molecule has 1 aromatic carbocycles. The van der Waals surface area contributed by atoms with Gasteiger partial charge in [0.25, 0.3) is 5.91 Å². The first-order chi connectivity index (χ1) is 9.25. The molecule has 0 radical (unpaired) electrons. The van der Waals surface area contributed by atoms with Gasteiger partial charge in [-0.2, -0.15) is 0 Å². The summed E-state index contributed by atoms with van der Waals surface area (Å²) in [7, 11) is 0. The molecular weight excluding hydrogens is 281 g/mol. The van der Waals surface area contributed by atoms with Crippen molar-refractivity contribution in [3.8, 4) is 0 Å². The van der Waals surface area contributed by atoms with E-state index in [1.54, 1.807) is 35.2 Å². The Morgan fingerprint density at radius 3 is 2.95 bits per heavy atom. The number of nitrogens with zero attached hydrogens (tertiary/aromatic N) is 1. The van der Waals surface area contributed by atoms with Crippen molar-refractivity contribution in [2.45, 2.75) is 5.37 Å². The normalized spacial score (nSPS) is 18.8. The van der Waals surface area contributed by atoms with E-state index in [1.807, 2.05) is 22.4 Å². The van der Waals surface area contributed by atoms with E-state index in [0.29, 0.717) is 12.1 Å². The lowest BCUT2D eigenvalue weighted by Crippen LogP contribution is -2.30. The highest BCUT2D eigenvalue weighted by atomic mass is 32.2. The second-order valence-electron chi connectivity index (χ2n) is 4.25. The number of halogens is 1. The summed E-state index contributed by atoms with van der Waals surface area (Å²) in [6.45, 7) is 0.711. The predicted molar refractivity (Wildman–Crippen MR) is 77.0 cm³/mol. The van der Waals surface area contributed by atoms with Crippen molar-refractivity contribution >= 4 is 29.0 Å². The topological polar surface area (TPSA) is 20.3 Å². The molecule has 0 N–H and O–H groups in total. The van der Waals surface area contributed by atoms with Crippen LogP contribution in [0, 0.1) is 5.82 Å². The zero-order chi connectivity index (χ0) is 13.2. The Morgan fingerprint density at radius 1 is 1.32 bits per heavy atom. The molecule has 1 saturated heterocycles. The summed E-state index contributed by atoms with van der Waals surface area (Å²) in [6, 6.07) is 9.93. The zero-order valence-corrected chi connectivity index (χ0v) is 11.7. The van der Waals surface area contributed by atoms with Gasteiger partial charge in [-0.05, 0) is 29.6 Å².